The van der Waals surface area contributed by atoms with Gasteiger partial charge in [-0.05, 0) is 47.6 Å². The van der Waals surface area contributed by atoms with Crippen molar-refractivity contribution in [2.75, 3.05) is 13.1 Å². The van der Waals surface area contributed by atoms with E-state index in [4.69, 9.17) is 9.15 Å². The third-order valence-corrected chi connectivity index (χ3v) is 3.75. The summed E-state index contributed by atoms with van der Waals surface area (Å²) in [6.07, 6.45) is 0.617. The zero-order chi connectivity index (χ0) is 15.6. The van der Waals surface area contributed by atoms with Gasteiger partial charge >= 0.3 is 0 Å². The molecule has 0 spiro atoms. The molecule has 0 saturated carbocycles. The maximum atomic E-state index is 5.88. The van der Waals surface area contributed by atoms with Crippen LogP contribution in [0.4, 0.5) is 0 Å². The third-order valence-electron chi connectivity index (χ3n) is 3.75. The Morgan fingerprint density at radius 3 is 2.43 bits per heavy atom. The smallest absolute Gasteiger partial charge is 0.118 e. The van der Waals surface area contributed by atoms with Crippen LogP contribution in [0.1, 0.15) is 51.7 Å². The lowest BCUT2D eigenvalue weighted by Crippen LogP contribution is -2.44. The molecule has 1 aromatic heterocycles. The molecule has 1 aliphatic rings. The summed E-state index contributed by atoms with van der Waals surface area (Å²) >= 11 is 0. The summed E-state index contributed by atoms with van der Waals surface area (Å²) in [5.41, 5.74) is 1.40. The fourth-order valence-corrected chi connectivity index (χ4v) is 2.84. The molecule has 1 aromatic rings. The highest BCUT2D eigenvalue weighted by molar-refractivity contribution is 5.21. The van der Waals surface area contributed by atoms with E-state index in [9.17, 15) is 0 Å². The standard InChI is InChI=1S/C17H30N2O2/c1-12-9-19(10-13(2)20-12)11-15-7-16(21-14(15)3)8-18-17(4,5)6/h7,12-13,18H,8-11H2,1-6H3/t12-,13+. The molecule has 4 nitrogen and oxygen atoms in total. The van der Waals surface area contributed by atoms with Crippen LogP contribution in [0.25, 0.3) is 0 Å². The Balaban J connectivity index is 1.96. The summed E-state index contributed by atoms with van der Waals surface area (Å²) < 4.78 is 11.7. The number of rotatable bonds is 4. The van der Waals surface area contributed by atoms with Gasteiger partial charge in [-0.2, -0.15) is 0 Å². The van der Waals surface area contributed by atoms with Gasteiger partial charge in [0, 0.05) is 30.7 Å². The summed E-state index contributed by atoms with van der Waals surface area (Å²) in [4.78, 5) is 2.46. The molecule has 4 heteroatoms. The van der Waals surface area contributed by atoms with Crippen LogP contribution in [0.15, 0.2) is 10.5 Å². The van der Waals surface area contributed by atoms with Gasteiger partial charge in [-0.1, -0.05) is 0 Å². The maximum absolute atomic E-state index is 5.88. The number of ether oxygens (including phenoxy) is 1. The third kappa shape index (κ3) is 5.13. The molecule has 0 aliphatic carbocycles. The Morgan fingerprint density at radius 2 is 1.86 bits per heavy atom. The minimum Gasteiger partial charge on any atom is -0.465 e. The molecule has 2 atom stereocenters. The molecule has 0 bridgehead atoms. The predicted molar refractivity (Wildman–Crippen MR) is 85.3 cm³/mol. The summed E-state index contributed by atoms with van der Waals surface area (Å²) in [6.45, 7) is 16.6. The predicted octanol–water partition coefficient (Wildman–Crippen LogP) is 3.09. The average Bonchev–Trinajstić information content (AvgIpc) is 2.65. The van der Waals surface area contributed by atoms with Gasteiger partial charge in [0.1, 0.15) is 11.5 Å². The second-order valence-electron chi connectivity index (χ2n) is 7.35. The fourth-order valence-electron chi connectivity index (χ4n) is 2.84. The van der Waals surface area contributed by atoms with Crippen molar-refractivity contribution in [3.05, 3.63) is 23.2 Å². The monoisotopic (exact) mass is 294 g/mol. The molecular formula is C17H30N2O2. The molecule has 0 aromatic carbocycles. The van der Waals surface area contributed by atoms with Crippen molar-refractivity contribution < 1.29 is 9.15 Å². The van der Waals surface area contributed by atoms with E-state index in [0.29, 0.717) is 12.2 Å². The van der Waals surface area contributed by atoms with Gasteiger partial charge in [0.25, 0.3) is 0 Å². The molecule has 2 rings (SSSR count). The van der Waals surface area contributed by atoms with Crippen molar-refractivity contribution in [1.82, 2.24) is 10.2 Å². The van der Waals surface area contributed by atoms with Crippen LogP contribution in [0.5, 0.6) is 0 Å². The number of hydrogen-bond acceptors (Lipinski definition) is 4. The lowest BCUT2D eigenvalue weighted by atomic mass is 10.1. The molecule has 1 aliphatic heterocycles. The number of nitrogens with zero attached hydrogens (tertiary/aromatic N) is 1. The van der Waals surface area contributed by atoms with E-state index in [2.05, 4.69) is 57.8 Å². The van der Waals surface area contributed by atoms with Crippen molar-refractivity contribution in [3.63, 3.8) is 0 Å². The van der Waals surface area contributed by atoms with Gasteiger partial charge in [0.05, 0.1) is 18.8 Å². The van der Waals surface area contributed by atoms with E-state index in [0.717, 1.165) is 37.7 Å². The molecule has 120 valence electrons. The zero-order valence-corrected chi connectivity index (χ0v) is 14.3. The number of furan rings is 1. The lowest BCUT2D eigenvalue weighted by Gasteiger charge is -2.35. The largest absolute Gasteiger partial charge is 0.465 e. The van der Waals surface area contributed by atoms with Gasteiger partial charge in [-0.15, -0.1) is 0 Å². The van der Waals surface area contributed by atoms with E-state index in [1.54, 1.807) is 0 Å². The maximum Gasteiger partial charge on any atom is 0.118 e. The second-order valence-corrected chi connectivity index (χ2v) is 7.35. The van der Waals surface area contributed by atoms with Crippen LogP contribution in [-0.4, -0.2) is 35.7 Å². The van der Waals surface area contributed by atoms with Crippen LogP contribution in [0, 0.1) is 6.92 Å². The fraction of sp³-hybridized carbons (Fsp3) is 0.765. The first-order chi connectivity index (χ1) is 9.73. The summed E-state index contributed by atoms with van der Waals surface area (Å²) in [5.74, 6) is 2.05. The normalized spacial score (nSPS) is 24.5. The molecule has 0 amide bonds. The van der Waals surface area contributed by atoms with E-state index in [1.165, 1.54) is 5.56 Å². The molecule has 21 heavy (non-hydrogen) atoms. The average molecular weight is 294 g/mol. The Kier molecular flexibility index (Phi) is 5.12. The Morgan fingerprint density at radius 1 is 1.24 bits per heavy atom. The summed E-state index contributed by atoms with van der Waals surface area (Å²) in [6, 6.07) is 2.19. The molecule has 2 heterocycles. The summed E-state index contributed by atoms with van der Waals surface area (Å²) in [5, 5.41) is 3.47. The van der Waals surface area contributed by atoms with Gasteiger partial charge in [-0.3, -0.25) is 4.90 Å². The van der Waals surface area contributed by atoms with Crippen molar-refractivity contribution in [3.8, 4) is 0 Å². The number of aryl methyl sites for hydroxylation is 1. The SMILES string of the molecule is Cc1oc(CNC(C)(C)C)cc1CN1C[C@@H](C)O[C@@H](C)C1. The van der Waals surface area contributed by atoms with E-state index >= 15 is 0 Å². The molecule has 1 fully saturated rings. The first-order valence-corrected chi connectivity index (χ1v) is 7.94. The molecule has 0 radical (unpaired) electrons. The number of morpholine rings is 1. The first kappa shape index (κ1) is 16.5. The Bertz CT molecular complexity index is 452. The van der Waals surface area contributed by atoms with Crippen molar-refractivity contribution >= 4 is 0 Å². The molecule has 1 saturated heterocycles. The van der Waals surface area contributed by atoms with Crippen LogP contribution in [0.2, 0.25) is 0 Å². The second kappa shape index (κ2) is 6.51. The van der Waals surface area contributed by atoms with Crippen LogP contribution in [0.3, 0.4) is 0 Å². The summed E-state index contributed by atoms with van der Waals surface area (Å²) in [7, 11) is 0. The van der Waals surface area contributed by atoms with Crippen LogP contribution >= 0.6 is 0 Å². The highest BCUT2D eigenvalue weighted by Crippen LogP contribution is 2.20. The highest BCUT2D eigenvalue weighted by Gasteiger charge is 2.23. The zero-order valence-electron chi connectivity index (χ0n) is 14.3. The number of hydrogen-bond donors (Lipinski definition) is 1. The molecule has 1 N–H and O–H groups in total. The van der Waals surface area contributed by atoms with Crippen molar-refractivity contribution in [2.45, 2.75) is 72.4 Å². The lowest BCUT2D eigenvalue weighted by molar-refractivity contribution is -0.0705. The minimum atomic E-state index is 0.107. The number of nitrogens with one attached hydrogen (secondary N) is 1. The highest BCUT2D eigenvalue weighted by atomic mass is 16.5. The minimum absolute atomic E-state index is 0.107. The Labute approximate surface area is 128 Å². The van der Waals surface area contributed by atoms with E-state index in [-0.39, 0.29) is 5.54 Å². The van der Waals surface area contributed by atoms with Gasteiger partial charge < -0.3 is 14.5 Å². The molecule has 0 unspecified atom stereocenters. The van der Waals surface area contributed by atoms with E-state index < -0.39 is 0 Å². The van der Waals surface area contributed by atoms with Gasteiger partial charge in [0.15, 0.2) is 0 Å². The van der Waals surface area contributed by atoms with Gasteiger partial charge in [-0.25, -0.2) is 0 Å². The Hall–Kier alpha value is -0.840. The van der Waals surface area contributed by atoms with Crippen molar-refractivity contribution in [2.24, 2.45) is 0 Å². The van der Waals surface area contributed by atoms with Crippen LogP contribution < -0.4 is 5.32 Å². The van der Waals surface area contributed by atoms with Gasteiger partial charge in [0.2, 0.25) is 0 Å². The molecular weight excluding hydrogens is 264 g/mol. The quantitative estimate of drug-likeness (QED) is 0.926. The van der Waals surface area contributed by atoms with E-state index in [1.807, 2.05) is 0 Å². The first-order valence-electron chi connectivity index (χ1n) is 7.94. The topological polar surface area (TPSA) is 37.6 Å². The van der Waals surface area contributed by atoms with Crippen LogP contribution in [-0.2, 0) is 17.8 Å². The van der Waals surface area contributed by atoms with Crippen molar-refractivity contribution in [1.29, 1.82) is 0 Å².